The fraction of sp³-hybridized carbons (Fsp3) is 0.941. The monoisotopic (exact) mass is 278 g/mol. The number of rotatable bonds is 2. The van der Waals surface area contributed by atoms with Crippen molar-refractivity contribution in [3.8, 4) is 0 Å². The van der Waals surface area contributed by atoms with Crippen molar-refractivity contribution in [3.63, 3.8) is 0 Å². The summed E-state index contributed by atoms with van der Waals surface area (Å²) < 4.78 is 0. The van der Waals surface area contributed by atoms with E-state index in [2.05, 4.69) is 17.6 Å². The summed E-state index contributed by atoms with van der Waals surface area (Å²) in [5, 5.41) is 6.77. The maximum atomic E-state index is 12.5. The summed E-state index contributed by atoms with van der Waals surface area (Å²) in [4.78, 5) is 12.5. The van der Waals surface area contributed by atoms with E-state index in [-0.39, 0.29) is 0 Å². The second-order valence-corrected chi connectivity index (χ2v) is 7.41. The van der Waals surface area contributed by atoms with Crippen LogP contribution in [0.1, 0.15) is 64.7 Å². The predicted octanol–water partition coefficient (Wildman–Crippen LogP) is 2.85. The average Bonchev–Trinajstić information content (AvgIpc) is 2.49. The molecule has 0 radical (unpaired) electrons. The number of piperidine rings is 1. The van der Waals surface area contributed by atoms with Crippen molar-refractivity contribution in [2.45, 2.75) is 76.8 Å². The number of carbonyl (C=O) groups is 1. The lowest BCUT2D eigenvalue weighted by molar-refractivity contribution is -0.128. The van der Waals surface area contributed by atoms with E-state index in [0.29, 0.717) is 23.9 Å². The minimum absolute atomic E-state index is 0.300. The van der Waals surface area contributed by atoms with Gasteiger partial charge in [0.15, 0.2) is 0 Å². The molecule has 0 spiro atoms. The normalized spacial score (nSPS) is 41.8. The highest BCUT2D eigenvalue weighted by atomic mass is 16.1. The Balaban J connectivity index is 1.47. The molecule has 3 fully saturated rings. The van der Waals surface area contributed by atoms with Crippen LogP contribution in [0.3, 0.4) is 0 Å². The summed E-state index contributed by atoms with van der Waals surface area (Å²) in [6, 6.07) is 0.976. The zero-order valence-electron chi connectivity index (χ0n) is 12.9. The molecule has 0 aromatic heterocycles. The highest BCUT2D eigenvalue weighted by Gasteiger charge is 2.35. The predicted molar refractivity (Wildman–Crippen MR) is 81.4 cm³/mol. The number of carbonyl (C=O) groups excluding carboxylic acids is 1. The lowest BCUT2D eigenvalue weighted by Crippen LogP contribution is -2.50. The minimum atomic E-state index is 0.300. The Kier molecular flexibility index (Phi) is 4.65. The first-order chi connectivity index (χ1) is 9.72. The van der Waals surface area contributed by atoms with Crippen LogP contribution in [-0.4, -0.2) is 24.5 Å². The van der Waals surface area contributed by atoms with Gasteiger partial charge in [-0.25, -0.2) is 0 Å². The smallest absolute Gasteiger partial charge is 0.223 e. The SMILES string of the molecule is CC1CCC(NC(=O)C2CCC3CCCCC3C2)CN1. The van der Waals surface area contributed by atoms with Gasteiger partial charge in [0.1, 0.15) is 0 Å². The molecule has 2 saturated carbocycles. The van der Waals surface area contributed by atoms with Crippen LogP contribution in [0.5, 0.6) is 0 Å². The second-order valence-electron chi connectivity index (χ2n) is 7.41. The molecule has 2 N–H and O–H groups in total. The molecule has 1 amide bonds. The van der Waals surface area contributed by atoms with E-state index in [1.54, 1.807) is 0 Å². The lowest BCUT2D eigenvalue weighted by atomic mass is 9.67. The van der Waals surface area contributed by atoms with Crippen molar-refractivity contribution in [2.75, 3.05) is 6.54 Å². The average molecular weight is 278 g/mol. The van der Waals surface area contributed by atoms with Crippen LogP contribution < -0.4 is 10.6 Å². The largest absolute Gasteiger partial charge is 0.352 e. The molecule has 1 aliphatic heterocycles. The van der Waals surface area contributed by atoms with Gasteiger partial charge < -0.3 is 10.6 Å². The molecule has 0 bridgehead atoms. The standard InChI is InChI=1S/C17H30N2O/c1-12-6-9-16(11-18-12)19-17(20)15-8-7-13-4-2-3-5-14(13)10-15/h12-16,18H,2-11H2,1H3,(H,19,20). The Morgan fingerprint density at radius 2 is 1.80 bits per heavy atom. The first-order valence-electron chi connectivity index (χ1n) is 8.76. The Bertz CT molecular complexity index is 336. The molecular formula is C17H30N2O. The highest BCUT2D eigenvalue weighted by molar-refractivity contribution is 5.79. The number of hydrogen-bond donors (Lipinski definition) is 2. The van der Waals surface area contributed by atoms with Gasteiger partial charge >= 0.3 is 0 Å². The zero-order chi connectivity index (χ0) is 13.9. The van der Waals surface area contributed by atoms with Crippen molar-refractivity contribution >= 4 is 5.91 Å². The van der Waals surface area contributed by atoms with Crippen molar-refractivity contribution < 1.29 is 4.79 Å². The van der Waals surface area contributed by atoms with Gasteiger partial charge in [0.05, 0.1) is 0 Å². The molecule has 3 rings (SSSR count). The quantitative estimate of drug-likeness (QED) is 0.815. The summed E-state index contributed by atoms with van der Waals surface area (Å²) in [6.45, 7) is 3.17. The first kappa shape index (κ1) is 14.4. The molecule has 1 saturated heterocycles. The molecule has 0 aromatic rings. The van der Waals surface area contributed by atoms with E-state index >= 15 is 0 Å². The van der Waals surface area contributed by atoms with Gasteiger partial charge in [-0.2, -0.15) is 0 Å². The van der Waals surface area contributed by atoms with Crippen LogP contribution in [0.25, 0.3) is 0 Å². The molecule has 3 heteroatoms. The molecular weight excluding hydrogens is 248 g/mol. The first-order valence-corrected chi connectivity index (χ1v) is 8.76. The lowest BCUT2D eigenvalue weighted by Gasteiger charge is -2.39. The summed E-state index contributed by atoms with van der Waals surface area (Å²) in [5.74, 6) is 2.42. The van der Waals surface area contributed by atoms with Gasteiger partial charge in [-0.15, -0.1) is 0 Å². The minimum Gasteiger partial charge on any atom is -0.352 e. The van der Waals surface area contributed by atoms with E-state index in [9.17, 15) is 4.79 Å². The molecule has 3 aliphatic rings. The summed E-state index contributed by atoms with van der Waals surface area (Å²) >= 11 is 0. The van der Waals surface area contributed by atoms with Crippen molar-refractivity contribution in [3.05, 3.63) is 0 Å². The summed E-state index contributed by atoms with van der Waals surface area (Å²) in [6.07, 6.45) is 11.5. The molecule has 2 aliphatic carbocycles. The Morgan fingerprint density at radius 1 is 1.00 bits per heavy atom. The Morgan fingerprint density at radius 3 is 2.55 bits per heavy atom. The number of amides is 1. The van der Waals surface area contributed by atoms with E-state index in [1.165, 1.54) is 38.5 Å². The maximum absolute atomic E-state index is 12.5. The molecule has 114 valence electrons. The molecule has 0 aromatic carbocycles. The third kappa shape index (κ3) is 3.36. The summed E-state index contributed by atoms with van der Waals surface area (Å²) in [7, 11) is 0. The van der Waals surface area contributed by atoms with E-state index in [1.807, 2.05) is 0 Å². The molecule has 1 heterocycles. The van der Waals surface area contributed by atoms with Crippen LogP contribution in [0.2, 0.25) is 0 Å². The third-order valence-electron chi connectivity index (χ3n) is 5.92. The van der Waals surface area contributed by atoms with E-state index in [0.717, 1.165) is 37.6 Å². The van der Waals surface area contributed by atoms with Crippen molar-refractivity contribution in [2.24, 2.45) is 17.8 Å². The molecule has 20 heavy (non-hydrogen) atoms. The number of hydrogen-bond acceptors (Lipinski definition) is 2. The fourth-order valence-corrected chi connectivity index (χ4v) is 4.55. The van der Waals surface area contributed by atoms with Gasteiger partial charge in [-0.1, -0.05) is 25.7 Å². The maximum Gasteiger partial charge on any atom is 0.223 e. The number of fused-ring (bicyclic) bond motifs is 1. The topological polar surface area (TPSA) is 41.1 Å². The molecule has 5 atom stereocenters. The van der Waals surface area contributed by atoms with Crippen LogP contribution >= 0.6 is 0 Å². The van der Waals surface area contributed by atoms with E-state index in [4.69, 9.17) is 0 Å². The third-order valence-corrected chi connectivity index (χ3v) is 5.92. The number of nitrogens with one attached hydrogen (secondary N) is 2. The van der Waals surface area contributed by atoms with E-state index < -0.39 is 0 Å². The summed E-state index contributed by atoms with van der Waals surface area (Å²) in [5.41, 5.74) is 0. The fourth-order valence-electron chi connectivity index (χ4n) is 4.55. The van der Waals surface area contributed by atoms with Gasteiger partial charge in [-0.3, -0.25) is 4.79 Å². The Hall–Kier alpha value is -0.570. The molecule has 3 nitrogen and oxygen atoms in total. The van der Waals surface area contributed by atoms with Crippen LogP contribution in [-0.2, 0) is 4.79 Å². The molecule has 5 unspecified atom stereocenters. The highest BCUT2D eigenvalue weighted by Crippen LogP contribution is 2.42. The van der Waals surface area contributed by atoms with Crippen molar-refractivity contribution in [1.82, 2.24) is 10.6 Å². The van der Waals surface area contributed by atoms with Gasteiger partial charge in [-0.05, 0) is 50.9 Å². The Labute approximate surface area is 123 Å². The van der Waals surface area contributed by atoms with Gasteiger partial charge in [0.2, 0.25) is 5.91 Å². The second kappa shape index (κ2) is 6.46. The van der Waals surface area contributed by atoms with Crippen molar-refractivity contribution in [1.29, 1.82) is 0 Å². The van der Waals surface area contributed by atoms with Gasteiger partial charge in [0.25, 0.3) is 0 Å². The van der Waals surface area contributed by atoms with Crippen LogP contribution in [0.4, 0.5) is 0 Å². The van der Waals surface area contributed by atoms with Crippen LogP contribution in [0, 0.1) is 17.8 Å². The zero-order valence-corrected chi connectivity index (χ0v) is 12.9. The van der Waals surface area contributed by atoms with Crippen LogP contribution in [0.15, 0.2) is 0 Å². The van der Waals surface area contributed by atoms with Gasteiger partial charge in [0, 0.05) is 24.5 Å².